The number of rotatable bonds is 4. The van der Waals surface area contributed by atoms with Gasteiger partial charge in [0.15, 0.2) is 11.4 Å². The smallest absolute Gasteiger partial charge is 0.255 e. The zero-order valence-corrected chi connectivity index (χ0v) is 12.5. The molecular weight excluding hydrogens is 309 g/mol. The Morgan fingerprint density at radius 1 is 1.45 bits per heavy atom. The first-order valence-corrected chi connectivity index (χ1v) is 7.14. The Labute approximate surface area is 130 Å². The van der Waals surface area contributed by atoms with Crippen LogP contribution in [0.25, 0.3) is 11.0 Å². The zero-order valence-electron chi connectivity index (χ0n) is 11.7. The van der Waals surface area contributed by atoms with Gasteiger partial charge in [0.25, 0.3) is 5.91 Å². The fourth-order valence-corrected chi connectivity index (χ4v) is 2.39. The first-order chi connectivity index (χ1) is 10.6. The lowest BCUT2D eigenvalue weighted by atomic mass is 10.1. The summed E-state index contributed by atoms with van der Waals surface area (Å²) in [7, 11) is 0. The van der Waals surface area contributed by atoms with Crippen molar-refractivity contribution in [1.82, 2.24) is 15.5 Å². The number of amides is 1. The van der Waals surface area contributed by atoms with E-state index in [9.17, 15) is 9.18 Å². The van der Waals surface area contributed by atoms with E-state index >= 15 is 0 Å². The van der Waals surface area contributed by atoms with E-state index in [4.69, 9.17) is 16.0 Å². The monoisotopic (exact) mass is 321 g/mol. The molecule has 2 heterocycles. The van der Waals surface area contributed by atoms with E-state index in [1.54, 1.807) is 0 Å². The molecule has 0 aliphatic rings. The third-order valence-electron chi connectivity index (χ3n) is 3.32. The molecule has 7 heteroatoms. The van der Waals surface area contributed by atoms with Crippen molar-refractivity contribution >= 4 is 28.5 Å². The maximum atomic E-state index is 13.7. The number of hydrogen-bond acceptors (Lipinski definition) is 3. The highest BCUT2D eigenvalue weighted by Gasteiger charge is 2.17. The number of halogens is 2. The van der Waals surface area contributed by atoms with Crippen molar-refractivity contribution in [2.45, 2.75) is 19.9 Å². The fraction of sp³-hybridized carbons (Fsp3) is 0.200. The van der Waals surface area contributed by atoms with E-state index < -0.39 is 5.82 Å². The van der Waals surface area contributed by atoms with Crippen LogP contribution in [0, 0.1) is 5.82 Å². The maximum Gasteiger partial charge on any atom is 0.255 e. The van der Waals surface area contributed by atoms with Gasteiger partial charge in [-0.3, -0.25) is 9.89 Å². The van der Waals surface area contributed by atoms with Crippen LogP contribution in [0.1, 0.15) is 28.7 Å². The molecule has 5 nitrogen and oxygen atoms in total. The van der Waals surface area contributed by atoms with Crippen LogP contribution in [-0.2, 0) is 13.0 Å². The summed E-state index contributed by atoms with van der Waals surface area (Å²) >= 11 is 5.82. The van der Waals surface area contributed by atoms with Crippen molar-refractivity contribution in [2.75, 3.05) is 0 Å². The number of aryl methyl sites for hydroxylation is 1. The molecule has 0 aliphatic heterocycles. The van der Waals surface area contributed by atoms with Crippen LogP contribution >= 0.6 is 11.6 Å². The van der Waals surface area contributed by atoms with Crippen molar-refractivity contribution in [3.05, 3.63) is 52.3 Å². The van der Waals surface area contributed by atoms with E-state index in [0.717, 1.165) is 23.9 Å². The van der Waals surface area contributed by atoms with Gasteiger partial charge in [-0.2, -0.15) is 5.10 Å². The molecular formula is C15H13ClFN3O2. The summed E-state index contributed by atoms with van der Waals surface area (Å²) in [6.07, 6.45) is 2.04. The van der Waals surface area contributed by atoms with Crippen LogP contribution in [-0.4, -0.2) is 16.1 Å². The largest absolute Gasteiger partial charge is 0.460 e. The molecule has 1 aromatic carbocycles. The van der Waals surface area contributed by atoms with Crippen molar-refractivity contribution in [3.63, 3.8) is 0 Å². The van der Waals surface area contributed by atoms with Gasteiger partial charge in [-0.25, -0.2) is 4.39 Å². The average molecular weight is 322 g/mol. The van der Waals surface area contributed by atoms with E-state index in [0.29, 0.717) is 11.9 Å². The van der Waals surface area contributed by atoms with Crippen LogP contribution < -0.4 is 5.32 Å². The lowest BCUT2D eigenvalue weighted by Gasteiger charge is -2.02. The molecule has 1 amide bonds. The number of nitrogens with one attached hydrogen (secondary N) is 2. The number of aromatic nitrogens is 2. The van der Waals surface area contributed by atoms with Crippen molar-refractivity contribution < 1.29 is 13.6 Å². The first kappa shape index (κ1) is 14.6. The molecule has 0 saturated heterocycles. The summed E-state index contributed by atoms with van der Waals surface area (Å²) in [5.41, 5.74) is 1.98. The molecule has 2 aromatic heterocycles. The molecule has 0 atom stereocenters. The molecule has 0 saturated carbocycles. The van der Waals surface area contributed by atoms with Crippen LogP contribution in [0.3, 0.4) is 0 Å². The number of furan rings is 1. The quantitative estimate of drug-likeness (QED) is 0.773. The number of hydrogen-bond donors (Lipinski definition) is 2. The Bertz CT molecular complexity index is 841. The van der Waals surface area contributed by atoms with Gasteiger partial charge in [-0.05, 0) is 24.6 Å². The van der Waals surface area contributed by atoms with Gasteiger partial charge in [0, 0.05) is 10.4 Å². The third-order valence-corrected chi connectivity index (χ3v) is 3.54. The summed E-state index contributed by atoms with van der Waals surface area (Å²) in [5, 5.41) is 10.2. The first-order valence-electron chi connectivity index (χ1n) is 6.76. The predicted octanol–water partition coefficient (Wildman–Crippen LogP) is 3.44. The highest BCUT2D eigenvalue weighted by atomic mass is 35.5. The molecule has 3 aromatic rings. The highest BCUT2D eigenvalue weighted by molar-refractivity contribution is 6.31. The maximum absolute atomic E-state index is 13.7. The molecule has 114 valence electrons. The minimum absolute atomic E-state index is 0.0179. The summed E-state index contributed by atoms with van der Waals surface area (Å²) in [5.74, 6) is -0.962. The number of benzene rings is 1. The van der Waals surface area contributed by atoms with Gasteiger partial charge in [0.2, 0.25) is 0 Å². The number of H-pyrrole nitrogens is 1. The van der Waals surface area contributed by atoms with E-state index in [1.165, 1.54) is 12.3 Å². The second-order valence-electron chi connectivity index (χ2n) is 4.83. The number of aromatic amines is 1. The van der Waals surface area contributed by atoms with Crippen LogP contribution in [0.15, 0.2) is 28.9 Å². The summed E-state index contributed by atoms with van der Waals surface area (Å²) in [6.45, 7) is 2.29. The van der Waals surface area contributed by atoms with E-state index in [2.05, 4.69) is 15.5 Å². The summed E-state index contributed by atoms with van der Waals surface area (Å²) in [4.78, 5) is 12.2. The molecule has 0 radical (unpaired) electrons. The van der Waals surface area contributed by atoms with Crippen LogP contribution in [0.4, 0.5) is 4.39 Å². The van der Waals surface area contributed by atoms with Gasteiger partial charge in [-0.15, -0.1) is 0 Å². The molecule has 0 fully saturated rings. The summed E-state index contributed by atoms with van der Waals surface area (Å²) in [6, 6.07) is 4.53. The zero-order chi connectivity index (χ0) is 15.7. The van der Waals surface area contributed by atoms with Gasteiger partial charge < -0.3 is 9.73 Å². The Kier molecular flexibility index (Phi) is 3.85. The highest BCUT2D eigenvalue weighted by Crippen LogP contribution is 2.27. The van der Waals surface area contributed by atoms with E-state index in [-0.39, 0.29) is 22.1 Å². The Morgan fingerprint density at radius 3 is 3.00 bits per heavy atom. The molecule has 3 rings (SSSR count). The Balaban J connectivity index is 1.80. The number of nitrogens with zero attached hydrogens (tertiary/aromatic N) is 1. The normalized spacial score (nSPS) is 11.0. The lowest BCUT2D eigenvalue weighted by molar-refractivity contribution is 0.0951. The number of carbonyl (C=O) groups is 1. The Hall–Kier alpha value is -2.34. The molecule has 0 unspecified atom stereocenters. The second kappa shape index (κ2) is 5.81. The molecule has 2 N–H and O–H groups in total. The molecule has 22 heavy (non-hydrogen) atoms. The van der Waals surface area contributed by atoms with Crippen molar-refractivity contribution in [2.24, 2.45) is 0 Å². The van der Waals surface area contributed by atoms with Crippen LogP contribution in [0.5, 0.6) is 0 Å². The second-order valence-corrected chi connectivity index (χ2v) is 5.27. The number of carbonyl (C=O) groups excluding carboxylic acids is 1. The van der Waals surface area contributed by atoms with Crippen LogP contribution in [0.2, 0.25) is 5.02 Å². The van der Waals surface area contributed by atoms with E-state index in [1.807, 2.05) is 13.0 Å². The van der Waals surface area contributed by atoms with Crippen molar-refractivity contribution in [1.29, 1.82) is 0 Å². The average Bonchev–Trinajstić information content (AvgIpc) is 3.11. The van der Waals surface area contributed by atoms with Crippen molar-refractivity contribution in [3.8, 4) is 0 Å². The van der Waals surface area contributed by atoms with Gasteiger partial charge in [-0.1, -0.05) is 18.5 Å². The molecule has 0 aliphatic carbocycles. The molecule has 0 spiro atoms. The topological polar surface area (TPSA) is 70.9 Å². The Morgan fingerprint density at radius 2 is 2.27 bits per heavy atom. The van der Waals surface area contributed by atoms with Gasteiger partial charge in [0.1, 0.15) is 6.26 Å². The standard InChI is InChI=1S/C15H13ClFN3O2/c1-2-9-5-10(20-19-9)6-18-15(21)12-7-22-14-11(12)3-8(16)4-13(14)17/h3-5,7H,2,6H2,1H3,(H,18,21)(H,19,20). The lowest BCUT2D eigenvalue weighted by Crippen LogP contribution is -2.22. The fourth-order valence-electron chi connectivity index (χ4n) is 2.19. The summed E-state index contributed by atoms with van der Waals surface area (Å²) < 4.78 is 18.8. The number of fused-ring (bicyclic) bond motifs is 1. The third kappa shape index (κ3) is 2.69. The van der Waals surface area contributed by atoms with Gasteiger partial charge >= 0.3 is 0 Å². The minimum Gasteiger partial charge on any atom is -0.460 e. The van der Waals surface area contributed by atoms with Gasteiger partial charge in [0.05, 0.1) is 23.5 Å². The predicted molar refractivity (Wildman–Crippen MR) is 80.3 cm³/mol. The SMILES string of the molecule is CCc1cc(CNC(=O)c2coc3c(F)cc(Cl)cc23)[nH]n1. The minimum atomic E-state index is -0.595. The molecule has 0 bridgehead atoms.